The second kappa shape index (κ2) is 5.51. The van der Waals surface area contributed by atoms with E-state index < -0.39 is 0 Å². The third kappa shape index (κ3) is 2.79. The number of halogens is 1. The number of carbonyl (C=O) groups excluding carboxylic acids is 1. The average molecular weight is 260 g/mol. The zero-order chi connectivity index (χ0) is 11.7. The van der Waals surface area contributed by atoms with Crippen molar-refractivity contribution in [2.75, 3.05) is 13.1 Å². The minimum absolute atomic E-state index is 0. The molecule has 1 aliphatic heterocycles. The van der Waals surface area contributed by atoms with Gasteiger partial charge in [-0.3, -0.25) is 4.79 Å². The Morgan fingerprint density at radius 1 is 1.71 bits per heavy atom. The molecule has 6 heteroatoms. The number of aromatic nitrogens is 1. The molecule has 1 aromatic rings. The highest BCUT2D eigenvalue weighted by Gasteiger charge is 2.33. The number of hydrogen-bond donors (Lipinski definition) is 1. The van der Waals surface area contributed by atoms with Crippen LogP contribution in [0.4, 0.5) is 0 Å². The summed E-state index contributed by atoms with van der Waals surface area (Å²) in [7, 11) is 0. The van der Waals surface area contributed by atoms with Crippen LogP contribution in [0.3, 0.4) is 0 Å². The van der Waals surface area contributed by atoms with E-state index in [1.807, 2.05) is 11.8 Å². The fraction of sp³-hybridized carbons (Fsp3) is 0.636. The predicted octanol–water partition coefficient (Wildman–Crippen LogP) is 1.21. The summed E-state index contributed by atoms with van der Waals surface area (Å²) in [5.41, 5.74) is 6.35. The Morgan fingerprint density at radius 2 is 2.41 bits per heavy atom. The standard InChI is InChI=1S/C11H17N3O2.ClH/c1-7-3-10(16-13-7)11(15)14-6-9(5-12)4-8(14)2;/h3,8-9H,4-6,12H2,1-2H3;1H. The summed E-state index contributed by atoms with van der Waals surface area (Å²) in [6.07, 6.45) is 0.968. The van der Waals surface area contributed by atoms with Crippen molar-refractivity contribution in [3.8, 4) is 0 Å². The van der Waals surface area contributed by atoms with E-state index in [1.165, 1.54) is 0 Å². The van der Waals surface area contributed by atoms with E-state index in [-0.39, 0.29) is 24.4 Å². The summed E-state index contributed by atoms with van der Waals surface area (Å²) in [6, 6.07) is 1.90. The fourth-order valence-corrected chi connectivity index (χ4v) is 2.20. The lowest BCUT2D eigenvalue weighted by Crippen LogP contribution is -2.34. The third-order valence-corrected chi connectivity index (χ3v) is 3.09. The van der Waals surface area contributed by atoms with Crippen molar-refractivity contribution in [2.24, 2.45) is 11.7 Å². The molecular formula is C11H18ClN3O2. The second-order valence-electron chi connectivity index (χ2n) is 4.48. The number of carbonyl (C=O) groups is 1. The molecule has 2 heterocycles. The van der Waals surface area contributed by atoms with Crippen molar-refractivity contribution in [1.29, 1.82) is 0 Å². The largest absolute Gasteiger partial charge is 0.351 e. The monoisotopic (exact) mass is 259 g/mol. The third-order valence-electron chi connectivity index (χ3n) is 3.09. The van der Waals surface area contributed by atoms with Gasteiger partial charge in [0.05, 0.1) is 5.69 Å². The first-order valence-electron chi connectivity index (χ1n) is 5.56. The average Bonchev–Trinajstić information content (AvgIpc) is 2.83. The van der Waals surface area contributed by atoms with Crippen LogP contribution in [0.15, 0.2) is 10.6 Å². The van der Waals surface area contributed by atoms with Gasteiger partial charge in [0.15, 0.2) is 0 Å². The summed E-state index contributed by atoms with van der Waals surface area (Å²) in [5.74, 6) is 0.647. The maximum atomic E-state index is 12.1. The first-order chi connectivity index (χ1) is 7.61. The van der Waals surface area contributed by atoms with Gasteiger partial charge in [-0.25, -0.2) is 0 Å². The van der Waals surface area contributed by atoms with E-state index in [0.29, 0.717) is 18.2 Å². The summed E-state index contributed by atoms with van der Waals surface area (Å²) in [5, 5.41) is 3.73. The van der Waals surface area contributed by atoms with Crippen molar-refractivity contribution in [1.82, 2.24) is 10.1 Å². The van der Waals surface area contributed by atoms with Gasteiger partial charge in [0, 0.05) is 18.7 Å². The van der Waals surface area contributed by atoms with Crippen LogP contribution in [0.2, 0.25) is 0 Å². The van der Waals surface area contributed by atoms with E-state index in [2.05, 4.69) is 5.16 Å². The van der Waals surface area contributed by atoms with Crippen molar-refractivity contribution in [3.05, 3.63) is 17.5 Å². The maximum absolute atomic E-state index is 12.1. The van der Waals surface area contributed by atoms with Gasteiger partial charge in [-0.2, -0.15) is 0 Å². The Bertz CT molecular complexity index is 394. The Balaban J connectivity index is 0.00000144. The minimum Gasteiger partial charge on any atom is -0.351 e. The Labute approximate surface area is 107 Å². The number of likely N-dealkylation sites (tertiary alicyclic amines) is 1. The highest BCUT2D eigenvalue weighted by Crippen LogP contribution is 2.24. The molecule has 1 aliphatic rings. The molecular weight excluding hydrogens is 242 g/mol. The van der Waals surface area contributed by atoms with Crippen LogP contribution in [0.25, 0.3) is 0 Å². The van der Waals surface area contributed by atoms with E-state index >= 15 is 0 Å². The number of nitrogens with zero attached hydrogens (tertiary/aromatic N) is 2. The highest BCUT2D eigenvalue weighted by molar-refractivity contribution is 5.91. The van der Waals surface area contributed by atoms with Gasteiger partial charge >= 0.3 is 0 Å². The molecule has 2 rings (SSSR count). The molecule has 2 N–H and O–H groups in total. The molecule has 1 fully saturated rings. The van der Waals surface area contributed by atoms with Crippen LogP contribution in [0, 0.1) is 12.8 Å². The van der Waals surface area contributed by atoms with E-state index in [1.54, 1.807) is 13.0 Å². The fourth-order valence-electron chi connectivity index (χ4n) is 2.20. The summed E-state index contributed by atoms with van der Waals surface area (Å²) in [4.78, 5) is 13.9. The summed E-state index contributed by atoms with van der Waals surface area (Å²) < 4.78 is 4.98. The summed E-state index contributed by atoms with van der Waals surface area (Å²) >= 11 is 0. The second-order valence-corrected chi connectivity index (χ2v) is 4.48. The van der Waals surface area contributed by atoms with Crippen LogP contribution < -0.4 is 5.73 Å². The van der Waals surface area contributed by atoms with Crippen LogP contribution >= 0.6 is 12.4 Å². The molecule has 2 atom stereocenters. The van der Waals surface area contributed by atoms with Gasteiger partial charge in [0.25, 0.3) is 5.91 Å². The first kappa shape index (κ1) is 14.0. The van der Waals surface area contributed by atoms with Crippen molar-refractivity contribution in [3.63, 3.8) is 0 Å². The smallest absolute Gasteiger partial charge is 0.292 e. The quantitative estimate of drug-likeness (QED) is 0.867. The molecule has 0 radical (unpaired) electrons. The molecule has 1 amide bonds. The number of hydrogen-bond acceptors (Lipinski definition) is 4. The molecule has 5 nitrogen and oxygen atoms in total. The number of nitrogens with two attached hydrogens (primary N) is 1. The van der Waals surface area contributed by atoms with Gasteiger partial charge in [0.1, 0.15) is 0 Å². The lowest BCUT2D eigenvalue weighted by Gasteiger charge is -2.19. The minimum atomic E-state index is -0.0796. The molecule has 0 aromatic carbocycles. The zero-order valence-electron chi connectivity index (χ0n) is 10.0. The lowest BCUT2D eigenvalue weighted by molar-refractivity contribution is 0.0701. The van der Waals surface area contributed by atoms with Crippen molar-refractivity contribution < 1.29 is 9.32 Å². The molecule has 2 unspecified atom stereocenters. The zero-order valence-corrected chi connectivity index (χ0v) is 10.9. The van der Waals surface area contributed by atoms with Gasteiger partial charge in [-0.1, -0.05) is 5.16 Å². The van der Waals surface area contributed by atoms with Gasteiger partial charge in [0.2, 0.25) is 5.76 Å². The Hall–Kier alpha value is -1.07. The Morgan fingerprint density at radius 3 is 2.88 bits per heavy atom. The molecule has 1 saturated heterocycles. The van der Waals surface area contributed by atoms with Crippen LogP contribution in [0.5, 0.6) is 0 Å². The van der Waals surface area contributed by atoms with Crippen molar-refractivity contribution in [2.45, 2.75) is 26.3 Å². The molecule has 0 bridgehead atoms. The molecule has 96 valence electrons. The topological polar surface area (TPSA) is 72.4 Å². The molecule has 1 aromatic heterocycles. The Kier molecular flexibility index (Phi) is 4.54. The normalized spacial score (nSPS) is 23.6. The van der Waals surface area contributed by atoms with Gasteiger partial charge in [-0.05, 0) is 32.7 Å². The predicted molar refractivity (Wildman–Crippen MR) is 66.1 cm³/mol. The van der Waals surface area contributed by atoms with Gasteiger partial charge < -0.3 is 15.2 Å². The number of amides is 1. The molecule has 0 saturated carbocycles. The number of aryl methyl sites for hydroxylation is 1. The summed E-state index contributed by atoms with van der Waals surface area (Å²) in [6.45, 7) is 5.19. The van der Waals surface area contributed by atoms with Gasteiger partial charge in [-0.15, -0.1) is 12.4 Å². The van der Waals surface area contributed by atoms with Crippen LogP contribution in [0.1, 0.15) is 29.6 Å². The van der Waals surface area contributed by atoms with E-state index in [9.17, 15) is 4.79 Å². The van der Waals surface area contributed by atoms with Crippen LogP contribution in [-0.2, 0) is 0 Å². The van der Waals surface area contributed by atoms with E-state index in [4.69, 9.17) is 10.3 Å². The first-order valence-corrected chi connectivity index (χ1v) is 5.56. The molecule has 17 heavy (non-hydrogen) atoms. The van der Waals surface area contributed by atoms with Crippen LogP contribution in [-0.4, -0.2) is 35.1 Å². The maximum Gasteiger partial charge on any atom is 0.292 e. The van der Waals surface area contributed by atoms with Crippen molar-refractivity contribution >= 4 is 18.3 Å². The molecule has 0 aliphatic carbocycles. The molecule has 0 spiro atoms. The number of rotatable bonds is 2. The SMILES string of the molecule is Cc1cc(C(=O)N2CC(CN)CC2C)on1.Cl. The highest BCUT2D eigenvalue weighted by atomic mass is 35.5. The lowest BCUT2D eigenvalue weighted by atomic mass is 10.1. The van der Waals surface area contributed by atoms with E-state index in [0.717, 1.165) is 18.7 Å².